The van der Waals surface area contributed by atoms with Gasteiger partial charge >= 0.3 is 0 Å². The van der Waals surface area contributed by atoms with Crippen molar-refractivity contribution in [3.63, 3.8) is 0 Å². The molecule has 1 aromatic heterocycles. The Bertz CT molecular complexity index is 253. The zero-order valence-corrected chi connectivity index (χ0v) is 6.26. The van der Waals surface area contributed by atoms with E-state index < -0.39 is 0 Å². The van der Waals surface area contributed by atoms with Gasteiger partial charge in [-0.25, -0.2) is 0 Å². The van der Waals surface area contributed by atoms with Gasteiger partial charge in [0.25, 0.3) is 0 Å². The molecular formula is C8H10N2. The number of nitrogens with zero attached hydrogens (tertiary/aromatic N) is 2. The minimum Gasteiger partial charge on any atom is -0.263 e. The second kappa shape index (κ2) is 2.60. The highest BCUT2D eigenvalue weighted by Gasteiger charge is 1.94. The zero-order valence-electron chi connectivity index (χ0n) is 6.26. The van der Waals surface area contributed by atoms with Crippen LogP contribution in [0.3, 0.4) is 0 Å². The lowest BCUT2D eigenvalue weighted by atomic mass is 10.2. The van der Waals surface area contributed by atoms with Crippen molar-refractivity contribution in [1.82, 2.24) is 4.98 Å². The van der Waals surface area contributed by atoms with Crippen molar-refractivity contribution in [2.45, 2.75) is 13.8 Å². The van der Waals surface area contributed by atoms with Crippen LogP contribution in [0, 0.1) is 13.8 Å². The van der Waals surface area contributed by atoms with Gasteiger partial charge in [0.1, 0.15) is 0 Å². The summed E-state index contributed by atoms with van der Waals surface area (Å²) in [6.07, 6.45) is 1.82. The van der Waals surface area contributed by atoms with Crippen molar-refractivity contribution in [3.8, 4) is 0 Å². The summed E-state index contributed by atoms with van der Waals surface area (Å²) in [7, 11) is 0. The maximum atomic E-state index is 4.12. The molecule has 0 aliphatic rings. The molecule has 0 aliphatic carbocycles. The fraction of sp³-hybridized carbons (Fsp3) is 0.250. The number of hydrogen-bond donors (Lipinski definition) is 0. The summed E-state index contributed by atoms with van der Waals surface area (Å²) in [5.41, 5.74) is 2.92. The van der Waals surface area contributed by atoms with Gasteiger partial charge in [0.05, 0.1) is 11.4 Å². The summed E-state index contributed by atoms with van der Waals surface area (Å²) >= 11 is 0. The van der Waals surface area contributed by atoms with Gasteiger partial charge in [-0.2, -0.15) is 0 Å². The predicted molar refractivity (Wildman–Crippen MR) is 42.9 cm³/mol. The molecule has 0 aromatic carbocycles. The molecule has 0 atom stereocenters. The average molecular weight is 134 g/mol. The Hall–Kier alpha value is -1.18. The van der Waals surface area contributed by atoms with Crippen LogP contribution in [0.4, 0.5) is 5.69 Å². The maximum absolute atomic E-state index is 4.12. The third kappa shape index (κ3) is 1.21. The molecule has 0 unspecified atom stereocenters. The molecule has 0 bridgehead atoms. The lowest BCUT2D eigenvalue weighted by Gasteiger charge is -1.97. The molecule has 1 aromatic rings. The van der Waals surface area contributed by atoms with Crippen molar-refractivity contribution in [1.29, 1.82) is 0 Å². The highest BCUT2D eigenvalue weighted by atomic mass is 14.8. The van der Waals surface area contributed by atoms with Gasteiger partial charge < -0.3 is 0 Å². The molecule has 0 saturated carbocycles. The van der Waals surface area contributed by atoms with E-state index >= 15 is 0 Å². The third-order valence-electron chi connectivity index (χ3n) is 1.37. The minimum atomic E-state index is 0.875. The molecule has 0 spiro atoms. The first kappa shape index (κ1) is 6.93. The molecule has 0 N–H and O–H groups in total. The summed E-state index contributed by atoms with van der Waals surface area (Å²) in [6, 6.07) is 1.97. The average Bonchev–Trinajstić information content (AvgIpc) is 1.94. The van der Waals surface area contributed by atoms with Crippen molar-refractivity contribution in [3.05, 3.63) is 23.5 Å². The van der Waals surface area contributed by atoms with Gasteiger partial charge in [-0.05, 0) is 32.2 Å². The highest BCUT2D eigenvalue weighted by molar-refractivity contribution is 5.49. The second-order valence-corrected chi connectivity index (χ2v) is 2.28. The Morgan fingerprint density at radius 3 is 2.70 bits per heavy atom. The van der Waals surface area contributed by atoms with Crippen molar-refractivity contribution >= 4 is 12.4 Å². The van der Waals surface area contributed by atoms with E-state index in [-0.39, 0.29) is 0 Å². The van der Waals surface area contributed by atoms with Crippen LogP contribution in [0.5, 0.6) is 0 Å². The van der Waals surface area contributed by atoms with Gasteiger partial charge in [0.2, 0.25) is 0 Å². The topological polar surface area (TPSA) is 25.2 Å². The molecule has 2 heteroatoms. The van der Waals surface area contributed by atoms with E-state index in [1.165, 1.54) is 0 Å². The van der Waals surface area contributed by atoms with Gasteiger partial charge in [-0.1, -0.05) is 0 Å². The Balaban J connectivity index is 3.21. The Morgan fingerprint density at radius 1 is 1.50 bits per heavy atom. The normalized spacial score (nSPS) is 9.40. The number of aromatic nitrogens is 1. The quantitative estimate of drug-likeness (QED) is 0.539. The molecule has 10 heavy (non-hydrogen) atoms. The van der Waals surface area contributed by atoms with Crippen LogP contribution >= 0.6 is 0 Å². The largest absolute Gasteiger partial charge is 0.263 e. The summed E-state index contributed by atoms with van der Waals surface area (Å²) < 4.78 is 0. The van der Waals surface area contributed by atoms with Gasteiger partial charge in [0, 0.05) is 6.20 Å². The molecule has 2 nitrogen and oxygen atoms in total. The number of aryl methyl sites for hydroxylation is 2. The van der Waals surface area contributed by atoms with Crippen molar-refractivity contribution < 1.29 is 0 Å². The Morgan fingerprint density at radius 2 is 2.20 bits per heavy atom. The summed E-state index contributed by atoms with van der Waals surface area (Å²) in [5.74, 6) is 0. The number of aliphatic imine (C=N–C) groups is 1. The van der Waals surface area contributed by atoms with E-state index in [0.29, 0.717) is 0 Å². The summed E-state index contributed by atoms with van der Waals surface area (Å²) in [4.78, 5) is 7.93. The fourth-order valence-electron chi connectivity index (χ4n) is 0.782. The fourth-order valence-corrected chi connectivity index (χ4v) is 0.782. The van der Waals surface area contributed by atoms with E-state index in [4.69, 9.17) is 0 Å². The molecule has 52 valence electrons. The Kier molecular flexibility index (Phi) is 1.81. The van der Waals surface area contributed by atoms with E-state index in [1.54, 1.807) is 0 Å². The smallest absolute Gasteiger partial charge is 0.0837 e. The van der Waals surface area contributed by atoms with Gasteiger partial charge in [-0.3, -0.25) is 9.98 Å². The van der Waals surface area contributed by atoms with Crippen LogP contribution in [0.2, 0.25) is 0 Å². The maximum Gasteiger partial charge on any atom is 0.0837 e. The van der Waals surface area contributed by atoms with Crippen LogP contribution < -0.4 is 0 Å². The molecule has 0 amide bonds. The molecule has 0 saturated heterocycles. The number of hydrogen-bond acceptors (Lipinski definition) is 2. The lowest BCUT2D eigenvalue weighted by Crippen LogP contribution is -1.81. The monoisotopic (exact) mass is 134 g/mol. The van der Waals surface area contributed by atoms with E-state index in [0.717, 1.165) is 16.9 Å². The second-order valence-electron chi connectivity index (χ2n) is 2.28. The van der Waals surface area contributed by atoms with E-state index in [2.05, 4.69) is 16.7 Å². The minimum absolute atomic E-state index is 0.875. The molecule has 0 fully saturated rings. The first-order valence-corrected chi connectivity index (χ1v) is 3.14. The SMILES string of the molecule is C=Nc1cc(C)cnc1C. The molecular weight excluding hydrogens is 124 g/mol. The molecule has 1 rings (SSSR count). The van der Waals surface area contributed by atoms with Crippen LogP contribution in [0.1, 0.15) is 11.3 Å². The van der Waals surface area contributed by atoms with Crippen LogP contribution in [0.25, 0.3) is 0 Å². The number of pyridine rings is 1. The molecule has 0 radical (unpaired) electrons. The Labute approximate surface area is 60.6 Å². The predicted octanol–water partition coefficient (Wildman–Crippen LogP) is 2.03. The van der Waals surface area contributed by atoms with Crippen LogP contribution in [-0.2, 0) is 0 Å². The zero-order chi connectivity index (χ0) is 7.56. The summed E-state index contributed by atoms with van der Waals surface area (Å²) in [5, 5.41) is 0. The van der Waals surface area contributed by atoms with E-state index in [1.807, 2.05) is 26.1 Å². The third-order valence-corrected chi connectivity index (χ3v) is 1.37. The molecule has 0 aliphatic heterocycles. The van der Waals surface area contributed by atoms with E-state index in [9.17, 15) is 0 Å². The van der Waals surface area contributed by atoms with Crippen LogP contribution in [-0.4, -0.2) is 11.7 Å². The standard InChI is InChI=1S/C8H10N2/c1-6-4-8(9-3)7(2)10-5-6/h4-5H,3H2,1-2H3. The van der Waals surface area contributed by atoms with Gasteiger partial charge in [-0.15, -0.1) is 0 Å². The van der Waals surface area contributed by atoms with Crippen molar-refractivity contribution in [2.24, 2.45) is 4.99 Å². The first-order valence-electron chi connectivity index (χ1n) is 3.14. The highest BCUT2D eigenvalue weighted by Crippen LogP contribution is 2.15. The molecule has 1 heterocycles. The van der Waals surface area contributed by atoms with Crippen LogP contribution in [0.15, 0.2) is 17.3 Å². The first-order chi connectivity index (χ1) is 4.74. The van der Waals surface area contributed by atoms with Crippen molar-refractivity contribution in [2.75, 3.05) is 0 Å². The van der Waals surface area contributed by atoms with Gasteiger partial charge in [0.15, 0.2) is 0 Å². The number of rotatable bonds is 1. The summed E-state index contributed by atoms with van der Waals surface area (Å²) in [6.45, 7) is 7.35. The lowest BCUT2D eigenvalue weighted by molar-refractivity contribution is 1.16.